The molecule has 1 N–H and O–H groups in total. The maximum Gasteiger partial charge on any atom is 0.236 e. The number of unbranched alkanes of at least 4 members (excludes halogenated alkanes) is 1. The highest BCUT2D eigenvalue weighted by Crippen LogP contribution is 2.07. The van der Waals surface area contributed by atoms with Crippen molar-refractivity contribution in [2.24, 2.45) is 5.10 Å². The fourth-order valence-electron chi connectivity index (χ4n) is 1.39. The minimum atomic E-state index is -0.134. The Hall–Kier alpha value is -1.64. The van der Waals surface area contributed by atoms with Crippen LogP contribution in [-0.4, -0.2) is 11.6 Å². The molecular weight excluding hydrogens is 200 g/mol. The lowest BCUT2D eigenvalue weighted by molar-refractivity contribution is -0.118. The first-order valence-corrected chi connectivity index (χ1v) is 5.62. The van der Waals surface area contributed by atoms with E-state index in [-0.39, 0.29) is 5.91 Å². The molecule has 0 aliphatic heterocycles. The van der Waals surface area contributed by atoms with Gasteiger partial charge in [-0.25, -0.2) is 5.43 Å². The largest absolute Gasteiger partial charge is 0.274 e. The fraction of sp³-hybridized carbons (Fsp3) is 0.385. The molecule has 3 nitrogen and oxygen atoms in total. The van der Waals surface area contributed by atoms with Gasteiger partial charge in [0.15, 0.2) is 0 Å². The Morgan fingerprint density at radius 2 is 2.00 bits per heavy atom. The molecule has 0 radical (unpaired) electrons. The van der Waals surface area contributed by atoms with E-state index in [2.05, 4.69) is 17.5 Å². The van der Waals surface area contributed by atoms with Gasteiger partial charge in [0.2, 0.25) is 5.91 Å². The molecule has 0 aliphatic carbocycles. The van der Waals surface area contributed by atoms with Gasteiger partial charge in [-0.15, -0.1) is 0 Å². The van der Waals surface area contributed by atoms with E-state index in [1.54, 1.807) is 0 Å². The molecule has 1 rings (SSSR count). The fourth-order valence-corrected chi connectivity index (χ4v) is 1.39. The molecule has 0 aromatic heterocycles. The second-order valence-electron chi connectivity index (χ2n) is 3.70. The number of hydrogen-bond donors (Lipinski definition) is 1. The normalized spacial score (nSPS) is 11.2. The van der Waals surface area contributed by atoms with Gasteiger partial charge in [-0.2, -0.15) is 5.10 Å². The summed E-state index contributed by atoms with van der Waals surface area (Å²) >= 11 is 0. The standard InChI is InChI=1S/C13H18N2O/c1-3-4-10-13(15-14-11(2)16)12-8-6-5-7-9-12/h5-9H,3-4,10H2,1-2H3,(H,14,16). The molecule has 0 atom stereocenters. The van der Waals surface area contributed by atoms with E-state index in [4.69, 9.17) is 0 Å². The van der Waals surface area contributed by atoms with Crippen LogP contribution in [0.4, 0.5) is 0 Å². The molecular formula is C13H18N2O. The Kier molecular flexibility index (Phi) is 5.26. The van der Waals surface area contributed by atoms with Crippen molar-refractivity contribution in [1.29, 1.82) is 0 Å². The van der Waals surface area contributed by atoms with Crippen LogP contribution < -0.4 is 5.43 Å². The van der Waals surface area contributed by atoms with Gasteiger partial charge in [-0.3, -0.25) is 4.79 Å². The van der Waals surface area contributed by atoms with Crippen molar-refractivity contribution >= 4 is 11.6 Å². The van der Waals surface area contributed by atoms with E-state index in [0.717, 1.165) is 30.5 Å². The molecule has 3 heteroatoms. The monoisotopic (exact) mass is 218 g/mol. The van der Waals surface area contributed by atoms with Crippen LogP contribution in [-0.2, 0) is 4.79 Å². The van der Waals surface area contributed by atoms with Crippen LogP contribution >= 0.6 is 0 Å². The van der Waals surface area contributed by atoms with Gasteiger partial charge in [0.25, 0.3) is 0 Å². The van der Waals surface area contributed by atoms with Crippen molar-refractivity contribution in [3.63, 3.8) is 0 Å². The van der Waals surface area contributed by atoms with Crippen LogP contribution in [0.2, 0.25) is 0 Å². The van der Waals surface area contributed by atoms with Gasteiger partial charge in [0.05, 0.1) is 5.71 Å². The number of hydrazone groups is 1. The maximum absolute atomic E-state index is 10.8. The zero-order valence-corrected chi connectivity index (χ0v) is 9.86. The lowest BCUT2D eigenvalue weighted by Crippen LogP contribution is -2.16. The van der Waals surface area contributed by atoms with E-state index < -0.39 is 0 Å². The number of benzene rings is 1. The van der Waals surface area contributed by atoms with E-state index in [0.29, 0.717) is 0 Å². The molecule has 0 bridgehead atoms. The molecule has 0 saturated heterocycles. The Morgan fingerprint density at radius 3 is 2.56 bits per heavy atom. The molecule has 1 amide bonds. The van der Waals surface area contributed by atoms with Crippen molar-refractivity contribution in [3.8, 4) is 0 Å². The number of nitrogens with zero attached hydrogens (tertiary/aromatic N) is 1. The first kappa shape index (κ1) is 12.4. The van der Waals surface area contributed by atoms with Crippen LogP contribution in [0.3, 0.4) is 0 Å². The minimum Gasteiger partial charge on any atom is -0.274 e. The summed E-state index contributed by atoms with van der Waals surface area (Å²) < 4.78 is 0. The van der Waals surface area contributed by atoms with E-state index in [9.17, 15) is 4.79 Å². The summed E-state index contributed by atoms with van der Waals surface area (Å²) in [5.74, 6) is -0.134. The van der Waals surface area contributed by atoms with Crippen LogP contribution in [0.25, 0.3) is 0 Å². The Balaban J connectivity index is 2.78. The van der Waals surface area contributed by atoms with Crippen LogP contribution in [0.5, 0.6) is 0 Å². The van der Waals surface area contributed by atoms with Gasteiger partial charge in [-0.1, -0.05) is 43.7 Å². The minimum absolute atomic E-state index is 0.134. The van der Waals surface area contributed by atoms with Crippen molar-refractivity contribution < 1.29 is 4.79 Å². The molecule has 0 fully saturated rings. The van der Waals surface area contributed by atoms with Crippen molar-refractivity contribution in [2.75, 3.05) is 0 Å². The average Bonchev–Trinajstić information content (AvgIpc) is 2.30. The number of carbonyl (C=O) groups is 1. The Labute approximate surface area is 96.6 Å². The number of rotatable bonds is 5. The third-order valence-corrected chi connectivity index (χ3v) is 2.22. The third kappa shape index (κ3) is 4.26. The number of carbonyl (C=O) groups excluding carboxylic acids is 1. The molecule has 0 heterocycles. The molecule has 0 spiro atoms. The molecule has 0 aliphatic rings. The third-order valence-electron chi connectivity index (χ3n) is 2.22. The molecule has 16 heavy (non-hydrogen) atoms. The number of nitrogens with one attached hydrogen (secondary N) is 1. The zero-order valence-electron chi connectivity index (χ0n) is 9.86. The van der Waals surface area contributed by atoms with Gasteiger partial charge >= 0.3 is 0 Å². The summed E-state index contributed by atoms with van der Waals surface area (Å²) in [6.45, 7) is 3.60. The highest BCUT2D eigenvalue weighted by atomic mass is 16.2. The van der Waals surface area contributed by atoms with Crippen molar-refractivity contribution in [3.05, 3.63) is 35.9 Å². The summed E-state index contributed by atoms with van der Waals surface area (Å²) in [5, 5.41) is 4.15. The van der Waals surface area contributed by atoms with Gasteiger partial charge in [-0.05, 0) is 18.4 Å². The number of hydrogen-bond acceptors (Lipinski definition) is 2. The van der Waals surface area contributed by atoms with Crippen molar-refractivity contribution in [2.45, 2.75) is 33.1 Å². The van der Waals surface area contributed by atoms with Crippen LogP contribution in [0.1, 0.15) is 38.7 Å². The molecule has 1 aromatic carbocycles. The predicted molar refractivity (Wildman–Crippen MR) is 66.3 cm³/mol. The van der Waals surface area contributed by atoms with Crippen LogP contribution in [0.15, 0.2) is 35.4 Å². The highest BCUT2D eigenvalue weighted by molar-refractivity contribution is 6.00. The number of amides is 1. The zero-order chi connectivity index (χ0) is 11.8. The summed E-state index contributed by atoms with van der Waals surface area (Å²) in [7, 11) is 0. The van der Waals surface area contributed by atoms with Gasteiger partial charge < -0.3 is 0 Å². The quantitative estimate of drug-likeness (QED) is 0.599. The van der Waals surface area contributed by atoms with E-state index >= 15 is 0 Å². The smallest absolute Gasteiger partial charge is 0.236 e. The van der Waals surface area contributed by atoms with E-state index in [1.807, 2.05) is 30.3 Å². The van der Waals surface area contributed by atoms with Gasteiger partial charge in [0.1, 0.15) is 0 Å². The maximum atomic E-state index is 10.8. The SMILES string of the molecule is CCCCC(=NNC(C)=O)c1ccccc1. The summed E-state index contributed by atoms with van der Waals surface area (Å²) in [6, 6.07) is 9.95. The van der Waals surface area contributed by atoms with E-state index in [1.165, 1.54) is 6.92 Å². The van der Waals surface area contributed by atoms with Crippen molar-refractivity contribution in [1.82, 2.24) is 5.43 Å². The Morgan fingerprint density at radius 1 is 1.31 bits per heavy atom. The molecule has 86 valence electrons. The first-order valence-electron chi connectivity index (χ1n) is 5.62. The molecule has 0 unspecified atom stereocenters. The second-order valence-corrected chi connectivity index (χ2v) is 3.70. The lowest BCUT2D eigenvalue weighted by Gasteiger charge is -2.05. The average molecular weight is 218 g/mol. The second kappa shape index (κ2) is 6.77. The van der Waals surface area contributed by atoms with Gasteiger partial charge in [0, 0.05) is 6.92 Å². The van der Waals surface area contributed by atoms with Crippen LogP contribution in [0, 0.1) is 0 Å². The molecule has 1 aromatic rings. The predicted octanol–water partition coefficient (Wildman–Crippen LogP) is 2.72. The molecule has 0 saturated carbocycles. The lowest BCUT2D eigenvalue weighted by atomic mass is 10.1. The summed E-state index contributed by atoms with van der Waals surface area (Å²) in [6.07, 6.45) is 3.08. The topological polar surface area (TPSA) is 41.5 Å². The first-order chi connectivity index (χ1) is 7.74. The highest BCUT2D eigenvalue weighted by Gasteiger charge is 2.02. The Bertz CT molecular complexity index is 357. The summed E-state index contributed by atoms with van der Waals surface area (Å²) in [4.78, 5) is 10.8. The summed E-state index contributed by atoms with van der Waals surface area (Å²) in [5.41, 5.74) is 4.52.